The van der Waals surface area contributed by atoms with Gasteiger partial charge in [-0.3, -0.25) is 15.0 Å². The number of urea groups is 1. The molecule has 1 fully saturated rings. The number of anilines is 1. The lowest BCUT2D eigenvalue weighted by atomic mass is 10.1. The van der Waals surface area contributed by atoms with Crippen LogP contribution in [0.2, 0.25) is 0 Å². The van der Waals surface area contributed by atoms with Crippen LogP contribution in [0, 0.1) is 22.9 Å². The summed E-state index contributed by atoms with van der Waals surface area (Å²) in [6.07, 6.45) is 0. The molecule has 0 aromatic heterocycles. The summed E-state index contributed by atoms with van der Waals surface area (Å²) >= 11 is 0. The number of nitrogens with one attached hydrogen (secondary N) is 1. The number of halogens is 1. The fourth-order valence-corrected chi connectivity index (χ4v) is 2.70. The van der Waals surface area contributed by atoms with Gasteiger partial charge in [-0.1, -0.05) is 18.2 Å². The van der Waals surface area contributed by atoms with Crippen LogP contribution in [0.15, 0.2) is 42.5 Å². The number of nitrogens with zero attached hydrogens (tertiary/aromatic N) is 2. The molecule has 118 valence electrons. The first kappa shape index (κ1) is 15.0. The van der Waals surface area contributed by atoms with Gasteiger partial charge in [0.25, 0.3) is 5.69 Å². The summed E-state index contributed by atoms with van der Waals surface area (Å²) in [5.41, 5.74) is 1.68. The Morgan fingerprint density at radius 3 is 2.61 bits per heavy atom. The maximum absolute atomic E-state index is 13.1. The zero-order valence-corrected chi connectivity index (χ0v) is 12.3. The summed E-state index contributed by atoms with van der Waals surface area (Å²) in [7, 11) is 0. The van der Waals surface area contributed by atoms with E-state index in [-0.39, 0.29) is 23.6 Å². The Morgan fingerprint density at radius 2 is 1.96 bits per heavy atom. The number of nitro benzene ring substituents is 1. The fourth-order valence-electron chi connectivity index (χ4n) is 2.70. The molecule has 7 heteroatoms. The number of nitro groups is 1. The van der Waals surface area contributed by atoms with Crippen molar-refractivity contribution in [3.63, 3.8) is 0 Å². The highest BCUT2D eigenvalue weighted by Gasteiger charge is 2.34. The van der Waals surface area contributed by atoms with Gasteiger partial charge in [-0.05, 0) is 30.7 Å². The molecule has 3 rings (SSSR count). The lowest BCUT2D eigenvalue weighted by Crippen LogP contribution is -2.29. The highest BCUT2D eigenvalue weighted by atomic mass is 19.1. The second-order valence-electron chi connectivity index (χ2n) is 5.35. The highest BCUT2D eigenvalue weighted by Crippen LogP contribution is 2.33. The van der Waals surface area contributed by atoms with Gasteiger partial charge in [0, 0.05) is 18.2 Å². The van der Waals surface area contributed by atoms with E-state index in [4.69, 9.17) is 0 Å². The first-order valence-electron chi connectivity index (χ1n) is 7.05. The van der Waals surface area contributed by atoms with Gasteiger partial charge < -0.3 is 5.32 Å². The number of amides is 2. The molecule has 1 aliphatic heterocycles. The zero-order valence-electron chi connectivity index (χ0n) is 12.3. The Kier molecular flexibility index (Phi) is 3.69. The summed E-state index contributed by atoms with van der Waals surface area (Å²) in [6, 6.07) is 9.86. The van der Waals surface area contributed by atoms with Crippen LogP contribution in [-0.4, -0.2) is 17.5 Å². The lowest BCUT2D eigenvalue weighted by Gasteiger charge is -2.23. The Bertz CT molecular complexity index is 777. The molecule has 23 heavy (non-hydrogen) atoms. The van der Waals surface area contributed by atoms with Crippen molar-refractivity contribution in [1.29, 1.82) is 0 Å². The van der Waals surface area contributed by atoms with Crippen molar-refractivity contribution in [1.82, 2.24) is 5.32 Å². The van der Waals surface area contributed by atoms with Crippen molar-refractivity contribution in [3.8, 4) is 0 Å². The van der Waals surface area contributed by atoms with Gasteiger partial charge in [-0.15, -0.1) is 0 Å². The van der Waals surface area contributed by atoms with Crippen LogP contribution in [0.4, 0.5) is 20.6 Å². The van der Waals surface area contributed by atoms with Crippen molar-refractivity contribution in [3.05, 3.63) is 69.5 Å². The average Bonchev–Trinajstić information content (AvgIpc) is 2.90. The average molecular weight is 315 g/mol. The highest BCUT2D eigenvalue weighted by molar-refractivity contribution is 5.95. The van der Waals surface area contributed by atoms with Gasteiger partial charge in [0.1, 0.15) is 5.82 Å². The molecule has 0 aliphatic carbocycles. The van der Waals surface area contributed by atoms with Crippen LogP contribution in [0.25, 0.3) is 0 Å². The largest absolute Gasteiger partial charge is 0.335 e. The summed E-state index contributed by atoms with van der Waals surface area (Å²) in [6.45, 7) is 2.00. The van der Waals surface area contributed by atoms with Gasteiger partial charge in [-0.25, -0.2) is 9.18 Å². The van der Waals surface area contributed by atoms with E-state index in [1.54, 1.807) is 31.2 Å². The standard InChI is InChI=1S/C16H14FN3O3/c1-10-2-7-13(8-14(10)20(22)23)19-15(9-18-16(19)21)11-3-5-12(17)6-4-11/h2-8,15H,9H2,1H3,(H,18,21). The topological polar surface area (TPSA) is 75.5 Å². The number of hydrogen-bond donors (Lipinski definition) is 1. The third-order valence-corrected chi connectivity index (χ3v) is 3.90. The molecule has 2 aromatic rings. The van der Waals surface area contributed by atoms with Crippen LogP contribution >= 0.6 is 0 Å². The molecule has 1 aliphatic rings. The van der Waals surface area contributed by atoms with E-state index in [9.17, 15) is 19.3 Å². The molecule has 0 bridgehead atoms. The number of hydrogen-bond acceptors (Lipinski definition) is 3. The first-order chi connectivity index (χ1) is 11.0. The number of rotatable bonds is 3. The molecule has 2 aromatic carbocycles. The molecular weight excluding hydrogens is 301 g/mol. The fraction of sp³-hybridized carbons (Fsp3) is 0.188. The maximum Gasteiger partial charge on any atom is 0.322 e. The predicted octanol–water partition coefficient (Wildman–Crippen LogP) is 3.31. The van der Waals surface area contributed by atoms with E-state index in [0.29, 0.717) is 17.8 Å². The molecule has 1 N–H and O–H groups in total. The van der Waals surface area contributed by atoms with E-state index < -0.39 is 4.92 Å². The van der Waals surface area contributed by atoms with Crippen LogP contribution < -0.4 is 10.2 Å². The Hall–Kier alpha value is -2.96. The predicted molar refractivity (Wildman–Crippen MR) is 82.9 cm³/mol. The van der Waals surface area contributed by atoms with Crippen LogP contribution in [-0.2, 0) is 0 Å². The van der Waals surface area contributed by atoms with E-state index in [0.717, 1.165) is 5.56 Å². The molecule has 1 saturated heterocycles. The van der Waals surface area contributed by atoms with Crippen molar-refractivity contribution in [2.75, 3.05) is 11.4 Å². The van der Waals surface area contributed by atoms with Gasteiger partial charge in [-0.2, -0.15) is 0 Å². The number of carbonyl (C=O) groups excluding carboxylic acids is 1. The van der Waals surface area contributed by atoms with Crippen LogP contribution in [0.3, 0.4) is 0 Å². The van der Waals surface area contributed by atoms with Crippen molar-refractivity contribution >= 4 is 17.4 Å². The molecule has 1 unspecified atom stereocenters. The minimum atomic E-state index is -0.473. The lowest BCUT2D eigenvalue weighted by molar-refractivity contribution is -0.385. The van der Waals surface area contributed by atoms with Crippen molar-refractivity contribution < 1.29 is 14.1 Å². The normalized spacial score (nSPS) is 17.2. The van der Waals surface area contributed by atoms with Gasteiger partial charge in [0.15, 0.2) is 0 Å². The molecule has 6 nitrogen and oxygen atoms in total. The minimum absolute atomic E-state index is 0.0416. The monoisotopic (exact) mass is 315 g/mol. The Balaban J connectivity index is 2.02. The third kappa shape index (κ3) is 2.73. The second-order valence-corrected chi connectivity index (χ2v) is 5.35. The third-order valence-electron chi connectivity index (χ3n) is 3.90. The first-order valence-corrected chi connectivity index (χ1v) is 7.05. The molecule has 0 radical (unpaired) electrons. The van der Waals surface area contributed by atoms with Crippen LogP contribution in [0.5, 0.6) is 0 Å². The van der Waals surface area contributed by atoms with Crippen molar-refractivity contribution in [2.45, 2.75) is 13.0 Å². The van der Waals surface area contributed by atoms with E-state index in [1.807, 2.05) is 0 Å². The summed E-state index contributed by atoms with van der Waals surface area (Å²) in [5, 5.41) is 13.8. The summed E-state index contributed by atoms with van der Waals surface area (Å²) < 4.78 is 13.1. The van der Waals surface area contributed by atoms with Crippen LogP contribution in [0.1, 0.15) is 17.2 Å². The number of aryl methyl sites for hydroxylation is 1. The SMILES string of the molecule is Cc1ccc(N2C(=O)NCC2c2ccc(F)cc2)cc1[N+](=O)[O-]. The van der Waals surface area contributed by atoms with E-state index >= 15 is 0 Å². The molecule has 1 heterocycles. The zero-order chi connectivity index (χ0) is 16.6. The van der Waals surface area contributed by atoms with Gasteiger partial charge >= 0.3 is 6.03 Å². The quantitative estimate of drug-likeness (QED) is 0.697. The number of benzene rings is 2. The molecule has 2 amide bonds. The van der Waals surface area contributed by atoms with E-state index in [1.165, 1.54) is 23.1 Å². The molecular formula is C16H14FN3O3. The van der Waals surface area contributed by atoms with Gasteiger partial charge in [0.05, 0.1) is 16.7 Å². The molecule has 0 spiro atoms. The minimum Gasteiger partial charge on any atom is -0.335 e. The maximum atomic E-state index is 13.1. The molecule has 0 saturated carbocycles. The van der Waals surface area contributed by atoms with Crippen molar-refractivity contribution in [2.24, 2.45) is 0 Å². The summed E-state index contributed by atoms with van der Waals surface area (Å²) in [4.78, 5) is 24.3. The molecule has 1 atom stereocenters. The second kappa shape index (κ2) is 5.68. The smallest absolute Gasteiger partial charge is 0.322 e. The van der Waals surface area contributed by atoms with Gasteiger partial charge in [0.2, 0.25) is 0 Å². The number of carbonyl (C=O) groups is 1. The summed E-state index contributed by atoms with van der Waals surface area (Å²) in [5.74, 6) is -0.358. The Morgan fingerprint density at radius 1 is 1.26 bits per heavy atom. The Labute approximate surface area is 131 Å². The van der Waals surface area contributed by atoms with E-state index in [2.05, 4.69) is 5.32 Å².